The van der Waals surface area contributed by atoms with Crippen LogP contribution in [0.1, 0.15) is 22.8 Å². The predicted molar refractivity (Wildman–Crippen MR) is 80.2 cm³/mol. The second kappa shape index (κ2) is 6.35. The van der Waals surface area contributed by atoms with Gasteiger partial charge in [0.05, 0.1) is 17.3 Å². The lowest BCUT2D eigenvalue weighted by Gasteiger charge is -2.10. The molecule has 0 radical (unpaired) electrons. The van der Waals surface area contributed by atoms with Crippen LogP contribution in [0.15, 0.2) is 48.5 Å². The van der Waals surface area contributed by atoms with Gasteiger partial charge in [0.25, 0.3) is 0 Å². The minimum absolute atomic E-state index is 0.121. The van der Waals surface area contributed by atoms with Crippen molar-refractivity contribution in [3.8, 4) is 6.07 Å². The summed E-state index contributed by atoms with van der Waals surface area (Å²) in [5.41, 5.74) is 1.98. The lowest BCUT2D eigenvalue weighted by Crippen LogP contribution is -2.20. The maximum absolute atomic E-state index is 11.9. The molecular weight excluding hydrogens is 266 g/mol. The van der Waals surface area contributed by atoms with Crippen LogP contribution in [0.4, 0.5) is 16.2 Å². The second-order valence-corrected chi connectivity index (χ2v) is 4.37. The number of para-hydroxylation sites is 1. The van der Waals surface area contributed by atoms with Gasteiger partial charge >= 0.3 is 6.03 Å². The first-order valence-corrected chi connectivity index (χ1v) is 6.28. The average Bonchev–Trinajstić information content (AvgIpc) is 2.48. The Kier molecular flexibility index (Phi) is 4.32. The zero-order valence-corrected chi connectivity index (χ0v) is 11.4. The molecule has 0 saturated heterocycles. The quantitative estimate of drug-likeness (QED) is 0.845. The van der Waals surface area contributed by atoms with Gasteiger partial charge in [-0.15, -0.1) is 0 Å². The molecule has 0 aromatic heterocycles. The van der Waals surface area contributed by atoms with Gasteiger partial charge < -0.3 is 10.6 Å². The number of nitrogens with zero attached hydrogens (tertiary/aromatic N) is 1. The van der Waals surface area contributed by atoms with Crippen molar-refractivity contribution in [2.24, 2.45) is 0 Å². The number of Topliss-reactive ketones (excluding diaryl/α,β-unsaturated/α-hetero) is 1. The summed E-state index contributed by atoms with van der Waals surface area (Å²) in [5, 5.41) is 14.0. The topological polar surface area (TPSA) is 82.0 Å². The van der Waals surface area contributed by atoms with Crippen LogP contribution in [-0.2, 0) is 0 Å². The highest BCUT2D eigenvalue weighted by molar-refractivity contribution is 6.06. The highest BCUT2D eigenvalue weighted by Crippen LogP contribution is 2.16. The van der Waals surface area contributed by atoms with Crippen molar-refractivity contribution < 1.29 is 9.59 Å². The summed E-state index contributed by atoms with van der Waals surface area (Å²) in [5.74, 6) is -0.121. The molecule has 0 aliphatic heterocycles. The number of amides is 2. The van der Waals surface area contributed by atoms with E-state index in [4.69, 9.17) is 5.26 Å². The number of benzene rings is 2. The van der Waals surface area contributed by atoms with Crippen molar-refractivity contribution in [3.05, 3.63) is 59.7 Å². The summed E-state index contributed by atoms with van der Waals surface area (Å²) in [7, 11) is 0. The highest BCUT2D eigenvalue weighted by Gasteiger charge is 2.09. The Balaban J connectivity index is 2.08. The molecular formula is C16H13N3O2. The Bertz CT molecular complexity index is 715. The minimum atomic E-state index is -0.451. The summed E-state index contributed by atoms with van der Waals surface area (Å²) in [6.07, 6.45) is 0. The molecule has 0 aliphatic carbocycles. The molecule has 2 amide bonds. The number of ketones is 1. The smallest absolute Gasteiger partial charge is 0.308 e. The van der Waals surface area contributed by atoms with Crippen molar-refractivity contribution in [3.63, 3.8) is 0 Å². The first kappa shape index (κ1) is 14.3. The number of hydrogen-bond acceptors (Lipinski definition) is 3. The van der Waals surface area contributed by atoms with E-state index in [1.165, 1.54) is 6.92 Å². The SMILES string of the molecule is CC(=O)c1ccccc1NC(=O)Nc1ccc(C#N)cc1. The average molecular weight is 279 g/mol. The molecule has 104 valence electrons. The van der Waals surface area contributed by atoms with E-state index in [0.29, 0.717) is 22.5 Å². The largest absolute Gasteiger partial charge is 0.323 e. The second-order valence-electron chi connectivity index (χ2n) is 4.37. The van der Waals surface area contributed by atoms with Gasteiger partial charge in [0.1, 0.15) is 0 Å². The van der Waals surface area contributed by atoms with Gasteiger partial charge in [-0.3, -0.25) is 4.79 Å². The van der Waals surface area contributed by atoms with Crippen molar-refractivity contribution in [1.82, 2.24) is 0 Å². The molecule has 2 rings (SSSR count). The third kappa shape index (κ3) is 3.67. The molecule has 0 atom stereocenters. The van der Waals surface area contributed by atoms with Crippen LogP contribution >= 0.6 is 0 Å². The molecule has 0 unspecified atom stereocenters. The summed E-state index contributed by atoms with van der Waals surface area (Å²) < 4.78 is 0. The van der Waals surface area contributed by atoms with Crippen LogP contribution in [0.5, 0.6) is 0 Å². The standard InChI is InChI=1S/C16H13N3O2/c1-11(20)14-4-2-3-5-15(14)19-16(21)18-13-8-6-12(10-17)7-9-13/h2-9H,1H3,(H2,18,19,21). The maximum atomic E-state index is 11.9. The van der Waals surface area contributed by atoms with E-state index in [9.17, 15) is 9.59 Å². The summed E-state index contributed by atoms with van der Waals surface area (Å²) in [4.78, 5) is 23.4. The van der Waals surface area contributed by atoms with Crippen LogP contribution in [0.2, 0.25) is 0 Å². The molecule has 2 aromatic rings. The Hall–Kier alpha value is -3.13. The molecule has 0 saturated carbocycles. The van der Waals surface area contributed by atoms with Crippen LogP contribution in [-0.4, -0.2) is 11.8 Å². The van der Waals surface area contributed by atoms with Gasteiger partial charge in [-0.25, -0.2) is 4.79 Å². The van der Waals surface area contributed by atoms with E-state index in [2.05, 4.69) is 10.6 Å². The zero-order chi connectivity index (χ0) is 15.2. The Morgan fingerprint density at radius 3 is 2.29 bits per heavy atom. The zero-order valence-electron chi connectivity index (χ0n) is 11.4. The fraction of sp³-hybridized carbons (Fsp3) is 0.0625. The fourth-order valence-corrected chi connectivity index (χ4v) is 1.81. The predicted octanol–water partition coefficient (Wildman–Crippen LogP) is 3.40. The van der Waals surface area contributed by atoms with E-state index in [1.54, 1.807) is 48.5 Å². The number of hydrogen-bond donors (Lipinski definition) is 2. The summed E-state index contributed by atoms with van der Waals surface area (Å²) in [6, 6.07) is 14.8. The molecule has 0 heterocycles. The van der Waals surface area contributed by atoms with Crippen molar-refractivity contribution in [2.45, 2.75) is 6.92 Å². The molecule has 0 fully saturated rings. The van der Waals surface area contributed by atoms with Gasteiger partial charge in [-0.05, 0) is 43.3 Å². The first-order chi connectivity index (χ1) is 10.1. The highest BCUT2D eigenvalue weighted by atomic mass is 16.2. The van der Waals surface area contributed by atoms with Crippen molar-refractivity contribution in [1.29, 1.82) is 5.26 Å². The van der Waals surface area contributed by atoms with E-state index in [0.717, 1.165) is 0 Å². The number of rotatable bonds is 3. The molecule has 5 nitrogen and oxygen atoms in total. The Labute approximate surface area is 122 Å². The van der Waals surface area contributed by atoms with Crippen LogP contribution in [0.25, 0.3) is 0 Å². The molecule has 21 heavy (non-hydrogen) atoms. The number of carbonyl (C=O) groups excluding carboxylic acids is 2. The Morgan fingerprint density at radius 1 is 1.00 bits per heavy atom. The number of nitrogens with one attached hydrogen (secondary N) is 2. The molecule has 0 aliphatic rings. The molecule has 0 bridgehead atoms. The third-order valence-electron chi connectivity index (χ3n) is 2.83. The Morgan fingerprint density at radius 2 is 1.67 bits per heavy atom. The molecule has 5 heteroatoms. The van der Waals surface area contributed by atoms with E-state index in [-0.39, 0.29) is 5.78 Å². The molecule has 2 N–H and O–H groups in total. The maximum Gasteiger partial charge on any atom is 0.323 e. The van der Waals surface area contributed by atoms with E-state index >= 15 is 0 Å². The lowest BCUT2D eigenvalue weighted by atomic mass is 10.1. The van der Waals surface area contributed by atoms with E-state index < -0.39 is 6.03 Å². The summed E-state index contributed by atoms with van der Waals surface area (Å²) >= 11 is 0. The van der Waals surface area contributed by atoms with E-state index in [1.807, 2.05) is 6.07 Å². The molecule has 2 aromatic carbocycles. The van der Waals surface area contributed by atoms with Gasteiger partial charge in [0.2, 0.25) is 0 Å². The van der Waals surface area contributed by atoms with Crippen molar-refractivity contribution in [2.75, 3.05) is 10.6 Å². The normalized spacial score (nSPS) is 9.52. The summed E-state index contributed by atoms with van der Waals surface area (Å²) in [6.45, 7) is 1.44. The lowest BCUT2D eigenvalue weighted by molar-refractivity contribution is 0.101. The first-order valence-electron chi connectivity index (χ1n) is 6.28. The molecule has 0 spiro atoms. The van der Waals surface area contributed by atoms with Gasteiger partial charge in [0.15, 0.2) is 5.78 Å². The van der Waals surface area contributed by atoms with Crippen LogP contribution in [0, 0.1) is 11.3 Å². The number of nitriles is 1. The number of carbonyl (C=O) groups is 2. The van der Waals surface area contributed by atoms with Crippen LogP contribution in [0.3, 0.4) is 0 Å². The third-order valence-corrected chi connectivity index (χ3v) is 2.83. The number of urea groups is 1. The van der Waals surface area contributed by atoms with Gasteiger partial charge in [-0.2, -0.15) is 5.26 Å². The monoisotopic (exact) mass is 279 g/mol. The van der Waals surface area contributed by atoms with Crippen LogP contribution < -0.4 is 10.6 Å². The number of anilines is 2. The van der Waals surface area contributed by atoms with Crippen molar-refractivity contribution >= 4 is 23.2 Å². The minimum Gasteiger partial charge on any atom is -0.308 e. The van der Waals surface area contributed by atoms with Gasteiger partial charge in [-0.1, -0.05) is 12.1 Å². The van der Waals surface area contributed by atoms with Gasteiger partial charge in [0, 0.05) is 11.3 Å². The fourth-order valence-electron chi connectivity index (χ4n) is 1.81.